The Balaban J connectivity index is 2.02. The van der Waals surface area contributed by atoms with E-state index in [2.05, 4.69) is 13.2 Å². The molecule has 0 N–H and O–H groups in total. The lowest BCUT2D eigenvalue weighted by Gasteiger charge is -2.08. The van der Waals surface area contributed by atoms with Crippen LogP contribution in [-0.2, 0) is 0 Å². The molecular weight excluding hydrogens is 286 g/mol. The van der Waals surface area contributed by atoms with E-state index in [0.29, 0.717) is 11.5 Å². The maximum absolute atomic E-state index is 12.5. The first-order valence-corrected chi connectivity index (χ1v) is 6.67. The summed E-state index contributed by atoms with van der Waals surface area (Å²) in [6.45, 7) is 5.98. The lowest BCUT2D eigenvalue weighted by atomic mass is 10.1. The molecule has 0 amide bonds. The molecule has 4 heteroatoms. The van der Waals surface area contributed by atoms with E-state index in [1.54, 1.807) is 24.3 Å². The maximum atomic E-state index is 12.5. The Morgan fingerprint density at radius 2 is 1.00 bits per heavy atom. The molecule has 0 atom stereocenters. The number of hydrogen-bond acceptors (Lipinski definition) is 2. The van der Waals surface area contributed by atoms with Crippen molar-refractivity contribution >= 4 is 0 Å². The summed E-state index contributed by atoms with van der Waals surface area (Å²) in [6.07, 6.45) is 0. The van der Waals surface area contributed by atoms with Crippen LogP contribution in [0, 0.1) is 0 Å². The highest BCUT2D eigenvalue weighted by Crippen LogP contribution is 2.25. The summed E-state index contributed by atoms with van der Waals surface area (Å²) in [5.41, 5.74) is 1.96. The van der Waals surface area contributed by atoms with Crippen LogP contribution in [0.15, 0.2) is 73.3 Å². The smallest absolute Gasteiger partial charge is 0.139 e. The predicted octanol–water partition coefficient (Wildman–Crippen LogP) is 5.08. The molecule has 2 nitrogen and oxygen atoms in total. The van der Waals surface area contributed by atoms with E-state index in [1.165, 1.54) is 0 Å². The SMILES string of the molecule is C=C(F)COc1ccc(-c2ccc(OCC(=C)F)cc2)cc1. The van der Waals surface area contributed by atoms with Crippen LogP contribution in [0.2, 0.25) is 0 Å². The zero-order valence-electron chi connectivity index (χ0n) is 12.0. The van der Waals surface area contributed by atoms with Crippen molar-refractivity contribution < 1.29 is 18.3 Å². The topological polar surface area (TPSA) is 18.5 Å². The summed E-state index contributed by atoms with van der Waals surface area (Å²) >= 11 is 0. The molecule has 0 aromatic heterocycles. The molecule has 0 aliphatic rings. The van der Waals surface area contributed by atoms with Crippen LogP contribution < -0.4 is 9.47 Å². The molecule has 0 saturated carbocycles. The van der Waals surface area contributed by atoms with Crippen LogP contribution in [0.25, 0.3) is 11.1 Å². The highest BCUT2D eigenvalue weighted by Gasteiger charge is 2.01. The van der Waals surface area contributed by atoms with Gasteiger partial charge in [0.1, 0.15) is 36.4 Å². The largest absolute Gasteiger partial charge is 0.487 e. The molecule has 2 aromatic rings. The van der Waals surface area contributed by atoms with Crippen molar-refractivity contribution in [2.75, 3.05) is 13.2 Å². The fourth-order valence-electron chi connectivity index (χ4n) is 1.81. The molecule has 114 valence electrons. The van der Waals surface area contributed by atoms with Gasteiger partial charge >= 0.3 is 0 Å². The van der Waals surface area contributed by atoms with Gasteiger partial charge in [-0.3, -0.25) is 0 Å². The average molecular weight is 302 g/mol. The second-order valence-corrected chi connectivity index (χ2v) is 4.66. The quantitative estimate of drug-likeness (QED) is 0.710. The summed E-state index contributed by atoms with van der Waals surface area (Å²) < 4.78 is 35.4. The van der Waals surface area contributed by atoms with Crippen molar-refractivity contribution in [2.45, 2.75) is 0 Å². The Morgan fingerprint density at radius 1 is 0.682 bits per heavy atom. The van der Waals surface area contributed by atoms with Crippen LogP contribution >= 0.6 is 0 Å². The minimum atomic E-state index is -0.518. The number of rotatable bonds is 7. The number of ether oxygens (including phenoxy) is 2. The van der Waals surface area contributed by atoms with Crippen molar-refractivity contribution in [1.29, 1.82) is 0 Å². The first-order chi connectivity index (χ1) is 10.5. The van der Waals surface area contributed by atoms with E-state index < -0.39 is 11.7 Å². The van der Waals surface area contributed by atoms with Crippen molar-refractivity contribution in [3.8, 4) is 22.6 Å². The minimum absolute atomic E-state index is 0.148. The van der Waals surface area contributed by atoms with E-state index in [4.69, 9.17) is 9.47 Å². The van der Waals surface area contributed by atoms with Crippen LogP contribution in [-0.4, -0.2) is 13.2 Å². The van der Waals surface area contributed by atoms with Crippen molar-refractivity contribution in [1.82, 2.24) is 0 Å². The van der Waals surface area contributed by atoms with Crippen LogP contribution in [0.1, 0.15) is 0 Å². The molecule has 0 aliphatic carbocycles. The Labute approximate surface area is 128 Å². The summed E-state index contributed by atoms with van der Waals surface area (Å²) in [6, 6.07) is 14.5. The fourth-order valence-corrected chi connectivity index (χ4v) is 1.81. The number of halogens is 2. The Morgan fingerprint density at radius 3 is 1.27 bits per heavy atom. The molecule has 2 rings (SSSR count). The average Bonchev–Trinajstić information content (AvgIpc) is 2.52. The van der Waals surface area contributed by atoms with Crippen molar-refractivity contribution in [3.05, 3.63) is 73.3 Å². The summed E-state index contributed by atoms with van der Waals surface area (Å²) in [5, 5.41) is 0. The fraction of sp³-hybridized carbons (Fsp3) is 0.111. The first-order valence-electron chi connectivity index (χ1n) is 6.67. The predicted molar refractivity (Wildman–Crippen MR) is 83.4 cm³/mol. The molecular formula is C18H16F2O2. The minimum Gasteiger partial charge on any atom is -0.487 e. The van der Waals surface area contributed by atoms with Gasteiger partial charge in [0, 0.05) is 0 Å². The summed E-state index contributed by atoms with van der Waals surface area (Å²) in [5.74, 6) is 0.110. The number of hydrogen-bond donors (Lipinski definition) is 0. The third-order valence-electron chi connectivity index (χ3n) is 2.83. The van der Waals surface area contributed by atoms with Gasteiger partial charge in [-0.1, -0.05) is 37.4 Å². The zero-order valence-corrected chi connectivity index (χ0v) is 12.0. The molecule has 0 unspecified atom stereocenters. The van der Waals surface area contributed by atoms with Gasteiger partial charge in [0.15, 0.2) is 0 Å². The van der Waals surface area contributed by atoms with Crippen LogP contribution in [0.3, 0.4) is 0 Å². The molecule has 0 radical (unpaired) electrons. The normalized spacial score (nSPS) is 10.1. The Hall–Kier alpha value is -2.62. The van der Waals surface area contributed by atoms with Gasteiger partial charge < -0.3 is 9.47 Å². The zero-order chi connectivity index (χ0) is 15.9. The second-order valence-electron chi connectivity index (χ2n) is 4.66. The summed E-state index contributed by atoms with van der Waals surface area (Å²) in [4.78, 5) is 0. The van der Waals surface area contributed by atoms with Crippen LogP contribution in [0.4, 0.5) is 8.78 Å². The van der Waals surface area contributed by atoms with Gasteiger partial charge in [0.05, 0.1) is 0 Å². The maximum Gasteiger partial charge on any atom is 0.139 e. The van der Waals surface area contributed by atoms with E-state index in [1.807, 2.05) is 24.3 Å². The third kappa shape index (κ3) is 4.74. The lowest BCUT2D eigenvalue weighted by molar-refractivity contribution is 0.320. The van der Waals surface area contributed by atoms with Gasteiger partial charge in [-0.05, 0) is 35.4 Å². The molecule has 0 bridgehead atoms. The van der Waals surface area contributed by atoms with Gasteiger partial charge in [0.2, 0.25) is 0 Å². The first kappa shape index (κ1) is 15.8. The van der Waals surface area contributed by atoms with Gasteiger partial charge in [-0.2, -0.15) is 0 Å². The standard InChI is InChI=1S/C18H16F2O2/c1-13(19)11-21-17-7-3-15(4-8-17)16-5-9-18(10-6-16)22-12-14(2)20/h3-10H,1-2,11-12H2. The second kappa shape index (κ2) is 7.41. The van der Waals surface area contributed by atoms with Crippen molar-refractivity contribution in [3.63, 3.8) is 0 Å². The Bertz CT molecular complexity index is 586. The van der Waals surface area contributed by atoms with Gasteiger partial charge in [-0.25, -0.2) is 8.78 Å². The lowest BCUT2D eigenvalue weighted by Crippen LogP contribution is -1.96. The van der Waals surface area contributed by atoms with E-state index >= 15 is 0 Å². The molecule has 0 heterocycles. The van der Waals surface area contributed by atoms with E-state index in [-0.39, 0.29) is 13.2 Å². The van der Waals surface area contributed by atoms with Crippen LogP contribution in [0.5, 0.6) is 11.5 Å². The summed E-state index contributed by atoms with van der Waals surface area (Å²) in [7, 11) is 0. The molecule has 0 aliphatic heterocycles. The highest BCUT2D eigenvalue weighted by molar-refractivity contribution is 5.64. The highest BCUT2D eigenvalue weighted by atomic mass is 19.1. The van der Waals surface area contributed by atoms with Crippen molar-refractivity contribution in [2.24, 2.45) is 0 Å². The molecule has 0 fully saturated rings. The van der Waals surface area contributed by atoms with E-state index in [9.17, 15) is 8.78 Å². The van der Waals surface area contributed by atoms with E-state index in [0.717, 1.165) is 11.1 Å². The molecule has 22 heavy (non-hydrogen) atoms. The monoisotopic (exact) mass is 302 g/mol. The molecule has 0 spiro atoms. The number of benzene rings is 2. The molecule has 0 saturated heterocycles. The van der Waals surface area contributed by atoms with Gasteiger partial charge in [-0.15, -0.1) is 0 Å². The third-order valence-corrected chi connectivity index (χ3v) is 2.83. The Kier molecular flexibility index (Phi) is 5.31. The van der Waals surface area contributed by atoms with Gasteiger partial charge in [0.25, 0.3) is 0 Å². The molecule has 2 aromatic carbocycles.